The van der Waals surface area contributed by atoms with Gasteiger partial charge < -0.3 is 5.11 Å². The van der Waals surface area contributed by atoms with Gasteiger partial charge in [-0.1, -0.05) is 11.6 Å². The Labute approximate surface area is 92.9 Å². The molecule has 0 bridgehead atoms. The van der Waals surface area contributed by atoms with E-state index in [0.717, 1.165) is 10.8 Å². The molecule has 4 nitrogen and oxygen atoms in total. The molecule has 1 rings (SSSR count). The number of nitrogens with zero attached hydrogens (tertiary/aromatic N) is 2. The number of carbonyl (C=O) groups is 1. The molecule has 0 radical (unpaired) electrons. The number of rotatable bonds is 2. The molecule has 0 amide bonds. The highest BCUT2D eigenvalue weighted by molar-refractivity contribution is 6.31. The monoisotopic (exact) mass is 254 g/mol. The van der Waals surface area contributed by atoms with Crippen LogP contribution in [0, 0.1) is 0 Å². The number of aliphatic carboxylic acids is 1. The van der Waals surface area contributed by atoms with Crippen LogP contribution in [0.25, 0.3) is 6.08 Å². The highest BCUT2D eigenvalue weighted by Crippen LogP contribution is 2.34. The first-order chi connectivity index (χ1) is 7.23. The van der Waals surface area contributed by atoms with Gasteiger partial charge in [0, 0.05) is 18.7 Å². The Balaban J connectivity index is 3.30. The van der Waals surface area contributed by atoms with E-state index in [1.807, 2.05) is 0 Å². The number of halogens is 4. The highest BCUT2D eigenvalue weighted by Gasteiger charge is 2.37. The average Bonchev–Trinajstić information content (AvgIpc) is 2.40. The van der Waals surface area contributed by atoms with E-state index in [9.17, 15) is 18.0 Å². The van der Waals surface area contributed by atoms with E-state index in [0.29, 0.717) is 6.08 Å². The fourth-order valence-electron chi connectivity index (χ4n) is 1.03. The normalized spacial score (nSPS) is 12.3. The van der Waals surface area contributed by atoms with Crippen molar-refractivity contribution in [3.63, 3.8) is 0 Å². The standard InChI is InChI=1S/C8H6ClF3N2O2/c1-14-7(9)4(2-3-5(15)16)6(13-14)8(10,11)12/h2-3H,1H3,(H,15,16)/b3-2+. The molecule has 0 saturated carbocycles. The first kappa shape index (κ1) is 12.6. The lowest BCUT2D eigenvalue weighted by Crippen LogP contribution is -2.08. The van der Waals surface area contributed by atoms with Crippen molar-refractivity contribution in [1.82, 2.24) is 9.78 Å². The van der Waals surface area contributed by atoms with E-state index in [2.05, 4.69) is 5.10 Å². The first-order valence-electron chi connectivity index (χ1n) is 3.94. The number of hydrogen-bond donors (Lipinski definition) is 1. The van der Waals surface area contributed by atoms with Crippen LogP contribution in [0.3, 0.4) is 0 Å². The Kier molecular flexibility index (Phi) is 3.27. The molecule has 0 unspecified atom stereocenters. The third kappa shape index (κ3) is 2.54. The maximum absolute atomic E-state index is 12.5. The van der Waals surface area contributed by atoms with Gasteiger partial charge >= 0.3 is 12.1 Å². The molecule has 1 aromatic heterocycles. The lowest BCUT2D eigenvalue weighted by atomic mass is 10.2. The van der Waals surface area contributed by atoms with E-state index in [1.165, 1.54) is 7.05 Å². The van der Waals surface area contributed by atoms with Crippen molar-refractivity contribution >= 4 is 23.6 Å². The topological polar surface area (TPSA) is 55.1 Å². The summed E-state index contributed by atoms with van der Waals surface area (Å²) in [7, 11) is 1.23. The van der Waals surface area contributed by atoms with Gasteiger partial charge in [-0.05, 0) is 6.08 Å². The van der Waals surface area contributed by atoms with Gasteiger partial charge in [0.1, 0.15) is 5.15 Å². The summed E-state index contributed by atoms with van der Waals surface area (Å²) in [6.45, 7) is 0. The summed E-state index contributed by atoms with van der Waals surface area (Å²) < 4.78 is 38.2. The molecule has 16 heavy (non-hydrogen) atoms. The molecule has 0 aliphatic rings. The minimum absolute atomic E-state index is 0.273. The van der Waals surface area contributed by atoms with Gasteiger partial charge in [-0.2, -0.15) is 18.3 Å². The number of hydrogen-bond acceptors (Lipinski definition) is 2. The van der Waals surface area contributed by atoms with Crippen LogP contribution >= 0.6 is 11.6 Å². The van der Waals surface area contributed by atoms with Gasteiger partial charge in [-0.25, -0.2) is 4.79 Å². The van der Waals surface area contributed by atoms with Crippen LogP contribution in [0.5, 0.6) is 0 Å². The van der Waals surface area contributed by atoms with E-state index >= 15 is 0 Å². The molecule has 88 valence electrons. The zero-order valence-corrected chi connectivity index (χ0v) is 8.67. The predicted molar refractivity (Wildman–Crippen MR) is 49.9 cm³/mol. The molecular weight excluding hydrogens is 249 g/mol. The Morgan fingerprint density at radius 3 is 2.56 bits per heavy atom. The summed E-state index contributed by atoms with van der Waals surface area (Å²) in [4.78, 5) is 10.2. The highest BCUT2D eigenvalue weighted by atomic mass is 35.5. The molecule has 0 aliphatic carbocycles. The largest absolute Gasteiger partial charge is 0.478 e. The van der Waals surface area contributed by atoms with Gasteiger partial charge in [0.2, 0.25) is 0 Å². The van der Waals surface area contributed by atoms with Crippen molar-refractivity contribution in [2.45, 2.75) is 6.18 Å². The third-order valence-corrected chi connectivity index (χ3v) is 2.12. The molecule has 0 aromatic carbocycles. The number of carboxylic acids is 1. The first-order valence-corrected chi connectivity index (χ1v) is 4.32. The van der Waals surface area contributed by atoms with Gasteiger partial charge in [-0.15, -0.1) is 0 Å². The fourth-order valence-corrected chi connectivity index (χ4v) is 1.22. The fraction of sp³-hybridized carbons (Fsp3) is 0.250. The van der Waals surface area contributed by atoms with Crippen molar-refractivity contribution in [2.24, 2.45) is 7.05 Å². The molecule has 0 saturated heterocycles. The quantitative estimate of drug-likeness (QED) is 0.823. The van der Waals surface area contributed by atoms with Crippen molar-refractivity contribution in [2.75, 3.05) is 0 Å². The zero-order chi connectivity index (χ0) is 12.5. The number of aryl methyl sites for hydroxylation is 1. The van der Waals surface area contributed by atoms with Crippen molar-refractivity contribution < 1.29 is 23.1 Å². The smallest absolute Gasteiger partial charge is 0.435 e. The molecule has 1 N–H and O–H groups in total. The van der Waals surface area contributed by atoms with E-state index in [4.69, 9.17) is 16.7 Å². The number of alkyl halides is 3. The van der Waals surface area contributed by atoms with Crippen LogP contribution in [0.4, 0.5) is 13.2 Å². The van der Waals surface area contributed by atoms with Crippen LogP contribution in [-0.4, -0.2) is 20.9 Å². The Morgan fingerprint density at radius 2 is 2.12 bits per heavy atom. The third-order valence-electron chi connectivity index (χ3n) is 1.67. The summed E-state index contributed by atoms with van der Waals surface area (Å²) in [6.07, 6.45) is -3.35. The second kappa shape index (κ2) is 4.17. The van der Waals surface area contributed by atoms with Gasteiger partial charge in [0.05, 0.1) is 0 Å². The number of aromatic nitrogens is 2. The summed E-state index contributed by atoms with van der Waals surface area (Å²) in [6, 6.07) is 0. The van der Waals surface area contributed by atoms with Crippen LogP contribution in [-0.2, 0) is 18.0 Å². The van der Waals surface area contributed by atoms with Gasteiger partial charge in [0.25, 0.3) is 0 Å². The summed E-state index contributed by atoms with van der Waals surface area (Å²) >= 11 is 5.56. The predicted octanol–water partition coefficient (Wildman–Crippen LogP) is 2.19. The molecule has 0 aliphatic heterocycles. The maximum atomic E-state index is 12.5. The summed E-state index contributed by atoms with van der Waals surface area (Å²) in [5, 5.41) is 11.2. The van der Waals surface area contributed by atoms with Crippen molar-refractivity contribution in [3.8, 4) is 0 Å². The minimum Gasteiger partial charge on any atom is -0.478 e. The molecule has 8 heteroatoms. The molecular formula is C8H6ClF3N2O2. The number of carboxylic acid groups (broad SMARTS) is 1. The lowest BCUT2D eigenvalue weighted by Gasteiger charge is -2.02. The molecule has 0 atom stereocenters. The zero-order valence-electron chi connectivity index (χ0n) is 7.92. The van der Waals surface area contributed by atoms with Crippen molar-refractivity contribution in [1.29, 1.82) is 0 Å². The van der Waals surface area contributed by atoms with Crippen LogP contribution in [0.2, 0.25) is 5.15 Å². The second-order valence-electron chi connectivity index (χ2n) is 2.85. The molecule has 1 aromatic rings. The van der Waals surface area contributed by atoms with E-state index < -0.39 is 23.4 Å². The van der Waals surface area contributed by atoms with Crippen molar-refractivity contribution in [3.05, 3.63) is 22.5 Å². The Hall–Kier alpha value is -1.50. The van der Waals surface area contributed by atoms with E-state index in [-0.39, 0.29) is 5.15 Å². The Morgan fingerprint density at radius 1 is 1.56 bits per heavy atom. The lowest BCUT2D eigenvalue weighted by molar-refractivity contribution is -0.141. The van der Waals surface area contributed by atoms with Crippen LogP contribution in [0.15, 0.2) is 6.08 Å². The van der Waals surface area contributed by atoms with Crippen LogP contribution < -0.4 is 0 Å². The average molecular weight is 255 g/mol. The van der Waals surface area contributed by atoms with Gasteiger partial charge in [-0.3, -0.25) is 4.68 Å². The SMILES string of the molecule is Cn1nc(C(F)(F)F)c(/C=C/C(=O)O)c1Cl. The summed E-state index contributed by atoms with van der Waals surface area (Å²) in [5.41, 5.74) is -1.67. The molecule has 1 heterocycles. The summed E-state index contributed by atoms with van der Waals surface area (Å²) in [5.74, 6) is -1.37. The molecule has 0 spiro atoms. The maximum Gasteiger partial charge on any atom is 0.435 e. The molecule has 0 fully saturated rings. The minimum atomic E-state index is -4.68. The van der Waals surface area contributed by atoms with Gasteiger partial charge in [0.15, 0.2) is 5.69 Å². The van der Waals surface area contributed by atoms with Crippen LogP contribution in [0.1, 0.15) is 11.3 Å². The Bertz CT molecular complexity index is 451. The second-order valence-corrected chi connectivity index (χ2v) is 3.20. The van der Waals surface area contributed by atoms with E-state index in [1.54, 1.807) is 0 Å².